The number of hydrogen-bond acceptors (Lipinski definition) is 6. The average Bonchev–Trinajstić information content (AvgIpc) is 2.59. The normalized spacial score (nSPS) is 18.7. The summed E-state index contributed by atoms with van der Waals surface area (Å²) in [6.07, 6.45) is -1.05. The van der Waals surface area contributed by atoms with Crippen LogP contribution in [0.15, 0.2) is 29.2 Å². The molecule has 0 spiro atoms. The number of rotatable bonds is 5. The highest BCUT2D eigenvalue weighted by atomic mass is 32.2. The van der Waals surface area contributed by atoms with Crippen molar-refractivity contribution in [1.29, 1.82) is 0 Å². The van der Waals surface area contributed by atoms with Crippen molar-refractivity contribution in [3.05, 3.63) is 29.8 Å². The molecule has 1 aliphatic heterocycles. The third-order valence-electron chi connectivity index (χ3n) is 3.87. The Morgan fingerprint density at radius 2 is 1.89 bits per heavy atom. The number of hydrogen-bond donors (Lipinski definition) is 1. The van der Waals surface area contributed by atoms with Crippen LogP contribution in [0.25, 0.3) is 0 Å². The second kappa shape index (κ2) is 8.37. The summed E-state index contributed by atoms with van der Waals surface area (Å²) in [5.41, 5.74) is -0.158. The predicted octanol–water partition coefficient (Wildman–Crippen LogP) is 1.80. The number of sulfonamides is 1. The van der Waals surface area contributed by atoms with E-state index in [0.29, 0.717) is 5.56 Å². The van der Waals surface area contributed by atoms with Crippen molar-refractivity contribution >= 4 is 21.9 Å². The van der Waals surface area contributed by atoms with Gasteiger partial charge in [0.2, 0.25) is 10.0 Å². The highest BCUT2D eigenvalue weighted by Crippen LogP contribution is 2.19. The van der Waals surface area contributed by atoms with E-state index in [1.54, 1.807) is 20.8 Å². The summed E-state index contributed by atoms with van der Waals surface area (Å²) in [5.74, 6) is -0.126. The SMILES string of the molecule is CC(=O)c1ccc(S(=O)(=O)N2CCOC(CNC(=O)OC(C)(C)C)C2)cc1. The molecule has 1 aliphatic rings. The number of nitrogens with one attached hydrogen (secondary N) is 1. The molecule has 0 bridgehead atoms. The number of morpholine rings is 1. The van der Waals surface area contributed by atoms with Crippen molar-refractivity contribution in [3.63, 3.8) is 0 Å². The molecule has 2 rings (SSSR count). The maximum Gasteiger partial charge on any atom is 0.407 e. The van der Waals surface area contributed by atoms with E-state index in [4.69, 9.17) is 9.47 Å². The van der Waals surface area contributed by atoms with Gasteiger partial charge in [-0.15, -0.1) is 0 Å². The van der Waals surface area contributed by atoms with Crippen LogP contribution >= 0.6 is 0 Å². The van der Waals surface area contributed by atoms with E-state index < -0.39 is 27.8 Å². The molecule has 0 saturated carbocycles. The third-order valence-corrected chi connectivity index (χ3v) is 5.75. The van der Waals surface area contributed by atoms with Gasteiger partial charge in [0, 0.05) is 25.2 Å². The van der Waals surface area contributed by atoms with Crippen molar-refractivity contribution in [1.82, 2.24) is 9.62 Å². The third kappa shape index (κ3) is 6.02. The van der Waals surface area contributed by atoms with Gasteiger partial charge < -0.3 is 14.8 Å². The van der Waals surface area contributed by atoms with Crippen LogP contribution in [0.4, 0.5) is 4.79 Å². The van der Waals surface area contributed by atoms with Crippen molar-refractivity contribution in [2.45, 2.75) is 44.3 Å². The molecule has 1 aromatic carbocycles. The number of amides is 1. The highest BCUT2D eigenvalue weighted by molar-refractivity contribution is 7.89. The minimum absolute atomic E-state index is 0.118. The zero-order valence-electron chi connectivity index (χ0n) is 16.0. The van der Waals surface area contributed by atoms with Gasteiger partial charge in [0.1, 0.15) is 5.60 Å². The molecule has 0 radical (unpaired) electrons. The summed E-state index contributed by atoms with van der Waals surface area (Å²) < 4.78 is 37.7. The molecular formula is C18H26N2O6S. The zero-order chi connectivity index (χ0) is 20.2. The van der Waals surface area contributed by atoms with Gasteiger partial charge in [0.15, 0.2) is 5.78 Å². The Balaban J connectivity index is 1.99. The summed E-state index contributed by atoms with van der Waals surface area (Å²) >= 11 is 0. The van der Waals surface area contributed by atoms with Gasteiger partial charge in [-0.2, -0.15) is 4.31 Å². The fraction of sp³-hybridized carbons (Fsp3) is 0.556. The van der Waals surface area contributed by atoms with Crippen molar-refractivity contribution < 1.29 is 27.5 Å². The smallest absolute Gasteiger partial charge is 0.407 e. The molecule has 1 amide bonds. The number of nitrogens with zero attached hydrogens (tertiary/aromatic N) is 1. The Bertz CT molecular complexity index is 783. The van der Waals surface area contributed by atoms with Gasteiger partial charge in [-0.25, -0.2) is 13.2 Å². The molecule has 150 valence electrons. The summed E-state index contributed by atoms with van der Waals surface area (Å²) in [6.45, 7) is 7.41. The van der Waals surface area contributed by atoms with E-state index in [0.717, 1.165) is 0 Å². The highest BCUT2D eigenvalue weighted by Gasteiger charge is 2.31. The maximum atomic E-state index is 12.8. The molecule has 1 fully saturated rings. The van der Waals surface area contributed by atoms with Crippen LogP contribution in [0.5, 0.6) is 0 Å². The average molecular weight is 398 g/mol. The number of ether oxygens (including phenoxy) is 2. The van der Waals surface area contributed by atoms with E-state index in [9.17, 15) is 18.0 Å². The Kier molecular flexibility index (Phi) is 6.61. The van der Waals surface area contributed by atoms with Gasteiger partial charge in [-0.3, -0.25) is 4.79 Å². The topological polar surface area (TPSA) is 102 Å². The second-order valence-electron chi connectivity index (χ2n) is 7.32. The van der Waals surface area contributed by atoms with Crippen molar-refractivity contribution in [2.24, 2.45) is 0 Å². The number of ketones is 1. The molecule has 1 unspecified atom stereocenters. The van der Waals surface area contributed by atoms with E-state index in [1.165, 1.54) is 35.5 Å². The van der Waals surface area contributed by atoms with Gasteiger partial charge in [0.25, 0.3) is 0 Å². The van der Waals surface area contributed by atoms with E-state index >= 15 is 0 Å². The number of carbonyl (C=O) groups is 2. The lowest BCUT2D eigenvalue weighted by Gasteiger charge is -2.32. The lowest BCUT2D eigenvalue weighted by atomic mass is 10.2. The molecule has 27 heavy (non-hydrogen) atoms. The van der Waals surface area contributed by atoms with E-state index in [2.05, 4.69) is 5.32 Å². The van der Waals surface area contributed by atoms with Crippen molar-refractivity contribution in [3.8, 4) is 0 Å². The van der Waals surface area contributed by atoms with Gasteiger partial charge in [0.05, 0.1) is 17.6 Å². The molecule has 1 saturated heterocycles. The van der Waals surface area contributed by atoms with E-state index in [-0.39, 0.29) is 36.9 Å². The molecule has 1 atom stereocenters. The van der Waals surface area contributed by atoms with Crippen LogP contribution in [-0.4, -0.2) is 62.5 Å². The maximum absolute atomic E-state index is 12.8. The van der Waals surface area contributed by atoms with Gasteiger partial charge in [-0.05, 0) is 39.8 Å². The lowest BCUT2D eigenvalue weighted by Crippen LogP contribution is -2.49. The Labute approximate surface area is 159 Å². The summed E-state index contributed by atoms with van der Waals surface area (Å²) in [5, 5.41) is 2.60. The first-order valence-corrected chi connectivity index (χ1v) is 10.1. The standard InChI is InChI=1S/C18H26N2O6S/c1-13(21)14-5-7-16(8-6-14)27(23,24)20-9-10-25-15(12-20)11-19-17(22)26-18(2,3)4/h5-8,15H,9-12H2,1-4H3,(H,19,22). The Morgan fingerprint density at radius 1 is 1.26 bits per heavy atom. The Hall–Kier alpha value is -1.97. The molecule has 8 nitrogen and oxygen atoms in total. The predicted molar refractivity (Wildman–Crippen MR) is 99.2 cm³/mol. The second-order valence-corrected chi connectivity index (χ2v) is 9.26. The molecule has 1 aromatic rings. The molecule has 0 aromatic heterocycles. The molecule has 1 N–H and O–H groups in total. The van der Waals surface area contributed by atoms with Crippen LogP contribution in [0.2, 0.25) is 0 Å². The van der Waals surface area contributed by atoms with Crippen LogP contribution in [0.1, 0.15) is 38.1 Å². The van der Waals surface area contributed by atoms with Crippen LogP contribution in [0, 0.1) is 0 Å². The molecule has 0 aliphatic carbocycles. The van der Waals surface area contributed by atoms with Crippen LogP contribution in [0.3, 0.4) is 0 Å². The zero-order valence-corrected chi connectivity index (χ0v) is 16.8. The minimum Gasteiger partial charge on any atom is -0.444 e. The first kappa shape index (κ1) is 21.3. The number of Topliss-reactive ketones (excluding diaryl/α,β-unsaturated/α-hetero) is 1. The number of alkyl carbamates (subject to hydrolysis) is 1. The summed E-state index contributed by atoms with van der Waals surface area (Å²) in [6, 6.07) is 5.85. The first-order chi connectivity index (χ1) is 12.5. The fourth-order valence-electron chi connectivity index (χ4n) is 2.56. The van der Waals surface area contributed by atoms with Crippen molar-refractivity contribution in [2.75, 3.05) is 26.2 Å². The molecule has 1 heterocycles. The van der Waals surface area contributed by atoms with Gasteiger partial charge >= 0.3 is 6.09 Å². The van der Waals surface area contributed by atoms with Crippen LogP contribution < -0.4 is 5.32 Å². The molecule has 9 heteroatoms. The first-order valence-electron chi connectivity index (χ1n) is 8.68. The minimum atomic E-state index is -3.71. The monoisotopic (exact) mass is 398 g/mol. The van der Waals surface area contributed by atoms with Crippen LogP contribution in [-0.2, 0) is 19.5 Å². The largest absolute Gasteiger partial charge is 0.444 e. The molecular weight excluding hydrogens is 372 g/mol. The number of carbonyl (C=O) groups excluding carboxylic acids is 2. The fourth-order valence-corrected chi connectivity index (χ4v) is 4.01. The quantitative estimate of drug-likeness (QED) is 0.759. The van der Waals surface area contributed by atoms with E-state index in [1.807, 2.05) is 0 Å². The lowest BCUT2D eigenvalue weighted by molar-refractivity contribution is -0.00357. The summed E-state index contributed by atoms with van der Waals surface area (Å²) in [4.78, 5) is 23.2. The Morgan fingerprint density at radius 3 is 2.44 bits per heavy atom. The number of benzene rings is 1. The van der Waals surface area contributed by atoms with Gasteiger partial charge in [-0.1, -0.05) is 12.1 Å². The summed E-state index contributed by atoms with van der Waals surface area (Å²) in [7, 11) is -3.71.